The van der Waals surface area contributed by atoms with Crippen LogP contribution >= 0.6 is 12.6 Å². The van der Waals surface area contributed by atoms with E-state index < -0.39 is 0 Å². The van der Waals surface area contributed by atoms with Crippen LogP contribution in [0.4, 0.5) is 0 Å². The van der Waals surface area contributed by atoms with Crippen molar-refractivity contribution in [2.45, 2.75) is 18.6 Å². The topological polar surface area (TPSA) is 56.0 Å². The molecular weight excluding hydrogens is 152 g/mol. The lowest BCUT2D eigenvalue weighted by atomic mass is 10.3. The van der Waals surface area contributed by atoms with Gasteiger partial charge in [0.05, 0.1) is 0 Å². The molecular formula is C5H6N2O2S. The van der Waals surface area contributed by atoms with Gasteiger partial charge in [0.15, 0.2) is 0 Å². The molecule has 0 aliphatic heterocycles. The first-order chi connectivity index (χ1) is 4.74. The fraction of sp³-hybridized carbons (Fsp3) is 0.400. The van der Waals surface area contributed by atoms with Crippen LogP contribution in [0.1, 0.15) is 24.0 Å². The van der Waals surface area contributed by atoms with Crippen LogP contribution in [-0.2, 0) is 0 Å². The Morgan fingerprint density at radius 1 is 1.70 bits per heavy atom. The standard InChI is InChI=1S/C5H6N2O2S/c1-2-3(8)4-6-7-5(10)9-4/h2H2,1H3,(H,7,10). The fourth-order valence-electron chi connectivity index (χ4n) is 0.479. The first-order valence-electron chi connectivity index (χ1n) is 2.79. The van der Waals surface area contributed by atoms with Crippen LogP contribution in [0.15, 0.2) is 9.64 Å². The first-order valence-corrected chi connectivity index (χ1v) is 3.24. The van der Waals surface area contributed by atoms with Crippen LogP contribution in [0, 0.1) is 0 Å². The van der Waals surface area contributed by atoms with Crippen molar-refractivity contribution in [3.8, 4) is 0 Å². The first kappa shape index (κ1) is 7.27. The molecule has 0 amide bonds. The maximum absolute atomic E-state index is 10.8. The second-order valence-electron chi connectivity index (χ2n) is 1.67. The van der Waals surface area contributed by atoms with Gasteiger partial charge in [-0.05, 0) is 0 Å². The lowest BCUT2D eigenvalue weighted by Gasteiger charge is -1.83. The minimum atomic E-state index is -0.159. The normalized spacial score (nSPS) is 9.80. The molecule has 1 aromatic rings. The van der Waals surface area contributed by atoms with Gasteiger partial charge in [-0.15, -0.1) is 10.2 Å². The number of hydrogen-bond acceptors (Lipinski definition) is 5. The van der Waals surface area contributed by atoms with Crippen molar-refractivity contribution in [2.24, 2.45) is 0 Å². The van der Waals surface area contributed by atoms with Crippen LogP contribution < -0.4 is 0 Å². The van der Waals surface area contributed by atoms with E-state index in [1.807, 2.05) is 0 Å². The molecule has 0 spiro atoms. The largest absolute Gasteiger partial charge is 0.409 e. The zero-order valence-electron chi connectivity index (χ0n) is 5.37. The third-order valence-corrected chi connectivity index (χ3v) is 1.15. The summed E-state index contributed by atoms with van der Waals surface area (Å²) in [6.07, 6.45) is 0.370. The summed E-state index contributed by atoms with van der Waals surface area (Å²) in [7, 11) is 0. The summed E-state index contributed by atoms with van der Waals surface area (Å²) in [5.74, 6) is -0.125. The molecule has 0 aliphatic carbocycles. The molecule has 0 N–H and O–H groups in total. The van der Waals surface area contributed by atoms with E-state index in [1.54, 1.807) is 6.92 Å². The number of hydrogen-bond donors (Lipinski definition) is 1. The number of carbonyl (C=O) groups excluding carboxylic acids is 1. The van der Waals surface area contributed by atoms with E-state index in [1.165, 1.54) is 0 Å². The molecule has 0 saturated carbocycles. The second kappa shape index (κ2) is 2.83. The summed E-state index contributed by atoms with van der Waals surface area (Å²) in [5, 5.41) is 6.98. The summed E-state index contributed by atoms with van der Waals surface area (Å²) < 4.78 is 4.73. The molecule has 0 radical (unpaired) electrons. The predicted molar refractivity (Wildman–Crippen MR) is 36.2 cm³/mol. The Morgan fingerprint density at radius 3 is 2.80 bits per heavy atom. The molecule has 54 valence electrons. The molecule has 0 unspecified atom stereocenters. The molecule has 1 aromatic heterocycles. The van der Waals surface area contributed by atoms with E-state index in [4.69, 9.17) is 4.42 Å². The zero-order chi connectivity index (χ0) is 7.56. The van der Waals surface area contributed by atoms with E-state index in [2.05, 4.69) is 22.8 Å². The SMILES string of the molecule is CCC(=O)c1nnc(S)o1. The molecule has 4 nitrogen and oxygen atoms in total. The minimum Gasteiger partial charge on any atom is -0.409 e. The van der Waals surface area contributed by atoms with Crippen molar-refractivity contribution in [3.05, 3.63) is 5.89 Å². The molecule has 10 heavy (non-hydrogen) atoms. The lowest BCUT2D eigenvalue weighted by Crippen LogP contribution is -1.95. The minimum absolute atomic E-state index is 0.0347. The van der Waals surface area contributed by atoms with Crippen molar-refractivity contribution in [1.29, 1.82) is 0 Å². The maximum Gasteiger partial charge on any atom is 0.284 e. The van der Waals surface area contributed by atoms with Crippen LogP contribution in [0.25, 0.3) is 0 Å². The lowest BCUT2D eigenvalue weighted by molar-refractivity contribution is 0.0950. The molecule has 0 aliphatic rings. The Balaban J connectivity index is 2.85. The number of nitrogens with zero attached hydrogens (tertiary/aromatic N) is 2. The summed E-state index contributed by atoms with van der Waals surface area (Å²) in [5.41, 5.74) is 0. The van der Waals surface area contributed by atoms with Crippen LogP contribution in [0.5, 0.6) is 0 Å². The Kier molecular flexibility index (Phi) is 2.06. The molecule has 0 saturated heterocycles. The van der Waals surface area contributed by atoms with Gasteiger partial charge in [-0.25, -0.2) is 0 Å². The number of rotatable bonds is 2. The van der Waals surface area contributed by atoms with E-state index >= 15 is 0 Å². The quantitative estimate of drug-likeness (QED) is 0.514. The van der Waals surface area contributed by atoms with Gasteiger partial charge in [0.25, 0.3) is 11.1 Å². The number of thiol groups is 1. The van der Waals surface area contributed by atoms with Crippen LogP contribution in [-0.4, -0.2) is 16.0 Å². The molecule has 1 heterocycles. The van der Waals surface area contributed by atoms with Gasteiger partial charge >= 0.3 is 0 Å². The van der Waals surface area contributed by atoms with Crippen LogP contribution in [0.3, 0.4) is 0 Å². The van der Waals surface area contributed by atoms with Gasteiger partial charge in [0, 0.05) is 6.42 Å². The number of Topliss-reactive ketones (excluding diaryl/α,β-unsaturated/α-hetero) is 1. The highest BCUT2D eigenvalue weighted by Gasteiger charge is 2.09. The molecule has 0 bridgehead atoms. The van der Waals surface area contributed by atoms with Crippen molar-refractivity contribution >= 4 is 18.4 Å². The van der Waals surface area contributed by atoms with Gasteiger partial charge in [-0.1, -0.05) is 19.6 Å². The third-order valence-electron chi connectivity index (χ3n) is 0.974. The van der Waals surface area contributed by atoms with Crippen LogP contribution in [0.2, 0.25) is 0 Å². The van der Waals surface area contributed by atoms with Crippen molar-refractivity contribution in [3.63, 3.8) is 0 Å². The summed E-state index contributed by atoms with van der Waals surface area (Å²) in [4.78, 5) is 10.8. The van der Waals surface area contributed by atoms with Gasteiger partial charge < -0.3 is 4.42 Å². The summed E-state index contributed by atoms with van der Waals surface area (Å²) >= 11 is 3.75. The monoisotopic (exact) mass is 158 g/mol. The van der Waals surface area contributed by atoms with Gasteiger partial charge in [-0.3, -0.25) is 4.79 Å². The molecule has 0 aromatic carbocycles. The van der Waals surface area contributed by atoms with Gasteiger partial charge in [0.1, 0.15) is 0 Å². The molecule has 0 atom stereocenters. The third kappa shape index (κ3) is 1.36. The van der Waals surface area contributed by atoms with E-state index in [9.17, 15) is 4.79 Å². The zero-order valence-corrected chi connectivity index (χ0v) is 6.26. The van der Waals surface area contributed by atoms with Crippen molar-refractivity contribution in [2.75, 3.05) is 0 Å². The average Bonchev–Trinajstić information content (AvgIpc) is 2.34. The van der Waals surface area contributed by atoms with Gasteiger partial charge in [-0.2, -0.15) is 0 Å². The average molecular weight is 158 g/mol. The summed E-state index contributed by atoms with van der Waals surface area (Å²) in [6.45, 7) is 1.73. The fourth-order valence-corrected chi connectivity index (χ4v) is 0.611. The smallest absolute Gasteiger partial charge is 0.284 e. The Labute approximate surface area is 63.0 Å². The number of aromatic nitrogens is 2. The van der Waals surface area contributed by atoms with E-state index in [-0.39, 0.29) is 16.9 Å². The van der Waals surface area contributed by atoms with Gasteiger partial charge in [0.2, 0.25) is 5.78 Å². The number of carbonyl (C=O) groups is 1. The number of ketones is 1. The van der Waals surface area contributed by atoms with E-state index in [0.29, 0.717) is 6.42 Å². The van der Waals surface area contributed by atoms with Crippen molar-refractivity contribution in [1.82, 2.24) is 10.2 Å². The highest BCUT2D eigenvalue weighted by Crippen LogP contribution is 2.04. The highest BCUT2D eigenvalue weighted by atomic mass is 32.1. The second-order valence-corrected chi connectivity index (χ2v) is 2.05. The summed E-state index contributed by atoms with van der Waals surface area (Å²) in [6, 6.07) is 0. The Hall–Kier alpha value is -0.840. The Bertz CT molecular complexity index is 246. The van der Waals surface area contributed by atoms with E-state index in [0.717, 1.165) is 0 Å². The molecule has 0 fully saturated rings. The predicted octanol–water partition coefficient (Wildman–Crippen LogP) is 0.951. The molecule has 5 heteroatoms. The Morgan fingerprint density at radius 2 is 2.40 bits per heavy atom. The molecule has 1 rings (SSSR count). The van der Waals surface area contributed by atoms with Crippen molar-refractivity contribution < 1.29 is 9.21 Å². The highest BCUT2D eigenvalue weighted by molar-refractivity contribution is 7.80. The maximum atomic E-state index is 10.8.